The van der Waals surface area contributed by atoms with Crippen molar-refractivity contribution >= 4 is 21.6 Å². The number of carbonyl (C=O) groups excluding carboxylic acids is 1. The summed E-state index contributed by atoms with van der Waals surface area (Å²) in [5, 5.41) is 2.99. The molecule has 2 N–H and O–H groups in total. The van der Waals surface area contributed by atoms with E-state index in [9.17, 15) is 13.2 Å². The van der Waals surface area contributed by atoms with Crippen molar-refractivity contribution in [2.24, 2.45) is 0 Å². The predicted octanol–water partition coefficient (Wildman–Crippen LogP) is 1.45. The van der Waals surface area contributed by atoms with Crippen molar-refractivity contribution in [2.45, 2.75) is 32.6 Å². The standard InChI is InChI=1S/C22H29N3O3S/c1-16-6-8-21(19(4)13-16)29(27,28)25-11-9-24(10-12-25)15-22(26)23-20-14-17(2)5-7-18(20)3/h5-8,13-14H,9-12,15H2,1-4H3,(H,23,26)/p+1. The number of benzene rings is 2. The van der Waals surface area contributed by atoms with Crippen LogP contribution < -0.4 is 10.2 Å². The average molecular weight is 417 g/mol. The molecule has 0 atom stereocenters. The number of nitrogens with zero attached hydrogens (tertiary/aromatic N) is 1. The fraction of sp³-hybridized carbons (Fsp3) is 0.409. The molecule has 0 aromatic heterocycles. The SMILES string of the molecule is Cc1ccc(S(=O)(=O)N2CC[NH+](CC(=O)Nc3cc(C)ccc3C)CC2)c(C)c1. The summed E-state index contributed by atoms with van der Waals surface area (Å²) < 4.78 is 27.5. The van der Waals surface area contributed by atoms with Crippen LogP contribution >= 0.6 is 0 Å². The Morgan fingerprint density at radius 3 is 2.24 bits per heavy atom. The molecule has 0 radical (unpaired) electrons. The van der Waals surface area contributed by atoms with E-state index >= 15 is 0 Å². The second-order valence-electron chi connectivity index (χ2n) is 7.97. The minimum atomic E-state index is -3.50. The van der Waals surface area contributed by atoms with Crippen LogP contribution in [0.25, 0.3) is 0 Å². The molecular formula is C22H30N3O3S+. The Labute approximate surface area is 173 Å². The summed E-state index contributed by atoms with van der Waals surface area (Å²) >= 11 is 0. The maximum absolute atomic E-state index is 13.0. The van der Waals surface area contributed by atoms with Crippen molar-refractivity contribution in [2.75, 3.05) is 38.0 Å². The predicted molar refractivity (Wildman–Crippen MR) is 115 cm³/mol. The lowest BCUT2D eigenvalue weighted by Gasteiger charge is -2.31. The molecule has 2 aromatic rings. The quantitative estimate of drug-likeness (QED) is 0.775. The summed E-state index contributed by atoms with van der Waals surface area (Å²) in [6.07, 6.45) is 0. The van der Waals surface area contributed by atoms with Gasteiger partial charge in [-0.25, -0.2) is 8.42 Å². The van der Waals surface area contributed by atoms with Gasteiger partial charge in [0.05, 0.1) is 31.1 Å². The Morgan fingerprint density at radius 2 is 1.59 bits per heavy atom. The third kappa shape index (κ3) is 5.04. The first-order valence-electron chi connectivity index (χ1n) is 9.95. The van der Waals surface area contributed by atoms with Crippen LogP contribution in [0.5, 0.6) is 0 Å². The molecule has 7 heteroatoms. The fourth-order valence-corrected chi connectivity index (χ4v) is 5.39. The minimum Gasteiger partial charge on any atom is -0.325 e. The average Bonchev–Trinajstić information content (AvgIpc) is 2.65. The van der Waals surface area contributed by atoms with Gasteiger partial charge in [0.15, 0.2) is 6.54 Å². The molecule has 1 amide bonds. The van der Waals surface area contributed by atoms with Gasteiger partial charge in [0.2, 0.25) is 10.0 Å². The second-order valence-corrected chi connectivity index (χ2v) is 9.87. The Bertz CT molecular complexity index is 1010. The number of amides is 1. The van der Waals surface area contributed by atoms with Gasteiger partial charge in [-0.15, -0.1) is 0 Å². The van der Waals surface area contributed by atoms with Gasteiger partial charge in [-0.1, -0.05) is 29.8 Å². The largest absolute Gasteiger partial charge is 0.325 e. The Balaban J connectivity index is 1.58. The summed E-state index contributed by atoms with van der Waals surface area (Å²) in [5.74, 6) is -0.0422. The van der Waals surface area contributed by atoms with E-state index in [1.807, 2.05) is 58.0 Å². The maximum Gasteiger partial charge on any atom is 0.279 e. The number of hydrogen-bond donors (Lipinski definition) is 2. The summed E-state index contributed by atoms with van der Waals surface area (Å²) in [6.45, 7) is 10.2. The van der Waals surface area contributed by atoms with Crippen LogP contribution in [0.4, 0.5) is 5.69 Å². The van der Waals surface area contributed by atoms with Crippen molar-refractivity contribution in [3.63, 3.8) is 0 Å². The number of nitrogens with one attached hydrogen (secondary N) is 2. The molecular weight excluding hydrogens is 386 g/mol. The lowest BCUT2D eigenvalue weighted by molar-refractivity contribution is -0.895. The van der Waals surface area contributed by atoms with Crippen LogP contribution in [-0.4, -0.2) is 51.4 Å². The highest BCUT2D eigenvalue weighted by Gasteiger charge is 2.32. The van der Waals surface area contributed by atoms with E-state index < -0.39 is 10.0 Å². The maximum atomic E-state index is 13.0. The van der Waals surface area contributed by atoms with E-state index in [-0.39, 0.29) is 5.91 Å². The van der Waals surface area contributed by atoms with Gasteiger partial charge >= 0.3 is 0 Å². The first-order chi connectivity index (χ1) is 13.7. The van der Waals surface area contributed by atoms with Crippen molar-refractivity contribution in [3.05, 3.63) is 58.7 Å². The van der Waals surface area contributed by atoms with Crippen molar-refractivity contribution in [1.82, 2.24) is 4.31 Å². The van der Waals surface area contributed by atoms with Crippen LogP contribution in [0.2, 0.25) is 0 Å². The smallest absolute Gasteiger partial charge is 0.279 e. The molecule has 2 aromatic carbocycles. The molecule has 0 unspecified atom stereocenters. The van der Waals surface area contributed by atoms with E-state index in [1.165, 1.54) is 4.31 Å². The Kier molecular flexibility index (Phi) is 6.41. The number of aryl methyl sites for hydroxylation is 4. The molecule has 1 aliphatic rings. The lowest BCUT2D eigenvalue weighted by Crippen LogP contribution is -3.15. The first-order valence-corrected chi connectivity index (χ1v) is 11.4. The van der Waals surface area contributed by atoms with Gasteiger partial charge in [-0.2, -0.15) is 4.31 Å². The third-order valence-electron chi connectivity index (χ3n) is 5.46. The van der Waals surface area contributed by atoms with Crippen molar-refractivity contribution in [1.29, 1.82) is 0 Å². The molecule has 0 spiro atoms. The molecule has 1 fully saturated rings. The number of quaternary nitrogens is 1. The van der Waals surface area contributed by atoms with E-state index in [1.54, 1.807) is 6.07 Å². The van der Waals surface area contributed by atoms with E-state index in [0.29, 0.717) is 37.6 Å². The third-order valence-corrected chi connectivity index (χ3v) is 7.51. The molecule has 1 heterocycles. The zero-order chi connectivity index (χ0) is 21.2. The van der Waals surface area contributed by atoms with Crippen molar-refractivity contribution in [3.8, 4) is 0 Å². The molecule has 156 valence electrons. The van der Waals surface area contributed by atoms with E-state index in [2.05, 4.69) is 5.32 Å². The summed E-state index contributed by atoms with van der Waals surface area (Å²) in [5.41, 5.74) is 4.79. The number of piperazine rings is 1. The Hall–Kier alpha value is -2.22. The molecule has 1 saturated heterocycles. The van der Waals surface area contributed by atoms with Crippen LogP contribution in [0.3, 0.4) is 0 Å². The van der Waals surface area contributed by atoms with Crippen LogP contribution in [0.15, 0.2) is 41.3 Å². The molecule has 3 rings (SSSR count). The molecule has 6 nitrogen and oxygen atoms in total. The zero-order valence-corrected chi connectivity index (χ0v) is 18.4. The van der Waals surface area contributed by atoms with E-state index in [4.69, 9.17) is 0 Å². The molecule has 1 aliphatic heterocycles. The normalized spacial score (nSPS) is 16.0. The highest BCUT2D eigenvalue weighted by Crippen LogP contribution is 2.21. The monoisotopic (exact) mass is 416 g/mol. The lowest BCUT2D eigenvalue weighted by atomic mass is 10.1. The second kappa shape index (κ2) is 8.65. The fourth-order valence-electron chi connectivity index (χ4n) is 3.74. The van der Waals surface area contributed by atoms with Gasteiger partial charge in [0.25, 0.3) is 5.91 Å². The van der Waals surface area contributed by atoms with Gasteiger partial charge < -0.3 is 10.2 Å². The van der Waals surface area contributed by atoms with Crippen LogP contribution in [-0.2, 0) is 14.8 Å². The van der Waals surface area contributed by atoms with Crippen LogP contribution in [0.1, 0.15) is 22.3 Å². The highest BCUT2D eigenvalue weighted by molar-refractivity contribution is 7.89. The van der Waals surface area contributed by atoms with Crippen LogP contribution in [0, 0.1) is 27.7 Å². The van der Waals surface area contributed by atoms with Gasteiger partial charge in [0.1, 0.15) is 0 Å². The number of carbonyl (C=O) groups is 1. The number of anilines is 1. The van der Waals surface area contributed by atoms with Gasteiger partial charge in [-0.05, 0) is 56.5 Å². The Morgan fingerprint density at radius 1 is 0.966 bits per heavy atom. The zero-order valence-electron chi connectivity index (χ0n) is 17.6. The number of rotatable bonds is 5. The molecule has 0 bridgehead atoms. The van der Waals surface area contributed by atoms with Gasteiger partial charge in [0, 0.05) is 5.69 Å². The highest BCUT2D eigenvalue weighted by atomic mass is 32.2. The topological polar surface area (TPSA) is 70.9 Å². The summed E-state index contributed by atoms with van der Waals surface area (Å²) in [6, 6.07) is 11.4. The number of sulfonamides is 1. The minimum absolute atomic E-state index is 0.0422. The molecule has 29 heavy (non-hydrogen) atoms. The number of hydrogen-bond acceptors (Lipinski definition) is 3. The van der Waals surface area contributed by atoms with Gasteiger partial charge in [-0.3, -0.25) is 4.79 Å². The van der Waals surface area contributed by atoms with Crippen molar-refractivity contribution < 1.29 is 18.1 Å². The first kappa shape index (κ1) is 21.5. The molecule has 0 aliphatic carbocycles. The summed E-state index contributed by atoms with van der Waals surface area (Å²) in [7, 11) is -3.50. The van der Waals surface area contributed by atoms with E-state index in [0.717, 1.165) is 32.8 Å². The summed E-state index contributed by atoms with van der Waals surface area (Å²) in [4.78, 5) is 13.9. The molecule has 0 saturated carbocycles.